The van der Waals surface area contributed by atoms with Gasteiger partial charge in [0.1, 0.15) is 10.5 Å². The molecule has 1 aliphatic heterocycles. The number of benzene rings is 1. The molecule has 0 amide bonds. The number of aliphatic carboxylic acids is 1. The van der Waals surface area contributed by atoms with E-state index in [1.165, 1.54) is 35.8 Å². The molecule has 6 rings (SSSR count). The van der Waals surface area contributed by atoms with E-state index >= 15 is 0 Å². The molecule has 3 aromatic heterocycles. The molecule has 4 heterocycles. The lowest BCUT2D eigenvalue weighted by Crippen LogP contribution is -2.38. The van der Waals surface area contributed by atoms with E-state index in [9.17, 15) is 31.5 Å². The number of nitrogens with zero attached hydrogens (tertiary/aromatic N) is 5. The van der Waals surface area contributed by atoms with Gasteiger partial charge in [0, 0.05) is 24.9 Å². The molecule has 1 N–H and O–H groups in total. The van der Waals surface area contributed by atoms with Crippen molar-refractivity contribution in [1.29, 1.82) is 0 Å². The Bertz CT molecular complexity index is 1870. The first kappa shape index (κ1) is 29.1. The van der Waals surface area contributed by atoms with Crippen molar-refractivity contribution in [2.24, 2.45) is 5.92 Å². The Labute approximate surface area is 245 Å². The fourth-order valence-corrected chi connectivity index (χ4v) is 7.28. The van der Waals surface area contributed by atoms with Gasteiger partial charge in [0.25, 0.3) is 0 Å². The summed E-state index contributed by atoms with van der Waals surface area (Å²) < 4.78 is 76.2. The van der Waals surface area contributed by atoms with Crippen LogP contribution < -0.4 is 4.74 Å². The maximum atomic E-state index is 13.8. The van der Waals surface area contributed by atoms with Crippen molar-refractivity contribution < 1.29 is 36.2 Å². The summed E-state index contributed by atoms with van der Waals surface area (Å²) in [5, 5.41) is 17.1. The molecule has 43 heavy (non-hydrogen) atoms. The number of fused-ring (bicyclic) bond motifs is 2. The molecule has 0 bridgehead atoms. The van der Waals surface area contributed by atoms with Crippen molar-refractivity contribution in [3.8, 4) is 5.88 Å². The third-order valence-electron chi connectivity index (χ3n) is 8.36. The molecule has 226 valence electrons. The van der Waals surface area contributed by atoms with E-state index in [4.69, 9.17) is 4.74 Å². The smallest absolute Gasteiger partial charge is 0.452 e. The number of carbonyl (C=O) groups is 1. The largest absolute Gasteiger partial charge is 0.481 e. The van der Waals surface area contributed by atoms with Crippen LogP contribution in [-0.4, -0.2) is 55.5 Å². The molecule has 2 aliphatic rings. The van der Waals surface area contributed by atoms with Crippen LogP contribution in [0.5, 0.6) is 5.88 Å². The standard InChI is InChI=1S/C29H28F3N5O5S/c1-16-6-7-19(13-20(16)14-36-15-28(9-10-28)42-25-22(43(36,40)41)5-4-11-33-25)23(18(3)26(38)39)21-8-12-37-24(17(21)2)34-35-27(37)29(30,31)32/h4-8,11-13,18,23H,9-10,14-15H2,1-3H3,(H,38,39). The van der Waals surface area contributed by atoms with Crippen molar-refractivity contribution in [1.82, 2.24) is 23.9 Å². The topological polar surface area (TPSA) is 127 Å². The van der Waals surface area contributed by atoms with Gasteiger partial charge < -0.3 is 9.84 Å². The number of aryl methyl sites for hydroxylation is 2. The van der Waals surface area contributed by atoms with Crippen LogP contribution in [0, 0.1) is 19.8 Å². The molecule has 1 aliphatic carbocycles. The van der Waals surface area contributed by atoms with E-state index < -0.39 is 45.4 Å². The number of pyridine rings is 2. The maximum Gasteiger partial charge on any atom is 0.452 e. The van der Waals surface area contributed by atoms with Gasteiger partial charge in [-0.1, -0.05) is 25.1 Å². The Balaban J connectivity index is 1.43. The fraction of sp³-hybridized carbons (Fsp3) is 0.379. The first-order valence-corrected chi connectivity index (χ1v) is 15.0. The van der Waals surface area contributed by atoms with Gasteiger partial charge in [0.15, 0.2) is 5.65 Å². The first-order chi connectivity index (χ1) is 20.2. The first-order valence-electron chi connectivity index (χ1n) is 13.6. The molecular weight excluding hydrogens is 587 g/mol. The SMILES string of the molecule is Cc1ccc(C(c2ccn3c(C(F)(F)F)nnc3c2C)C(C)C(=O)O)cc1CN1CC2(CC2)Oc2ncccc2S1(=O)=O. The predicted octanol–water partition coefficient (Wildman–Crippen LogP) is 4.73. The van der Waals surface area contributed by atoms with Crippen molar-refractivity contribution in [3.05, 3.63) is 82.4 Å². The van der Waals surface area contributed by atoms with Crippen LogP contribution in [0.25, 0.3) is 5.65 Å². The zero-order valence-corrected chi connectivity index (χ0v) is 24.3. The highest BCUT2D eigenvalue weighted by atomic mass is 32.2. The van der Waals surface area contributed by atoms with Crippen LogP contribution in [0.15, 0.2) is 53.7 Å². The van der Waals surface area contributed by atoms with Crippen LogP contribution in [-0.2, 0) is 27.5 Å². The summed E-state index contributed by atoms with van der Waals surface area (Å²) in [6.45, 7) is 5.09. The number of hydrogen-bond donors (Lipinski definition) is 1. The summed E-state index contributed by atoms with van der Waals surface area (Å²) in [7, 11) is -3.98. The van der Waals surface area contributed by atoms with Crippen LogP contribution in [0.4, 0.5) is 13.2 Å². The molecule has 2 atom stereocenters. The average molecular weight is 616 g/mol. The van der Waals surface area contributed by atoms with Gasteiger partial charge in [-0.05, 0) is 72.7 Å². The number of sulfonamides is 1. The minimum Gasteiger partial charge on any atom is -0.481 e. The molecule has 1 saturated carbocycles. The molecule has 4 aromatic rings. The van der Waals surface area contributed by atoms with Gasteiger partial charge in [0.2, 0.25) is 21.7 Å². The lowest BCUT2D eigenvalue weighted by molar-refractivity contribution is -0.145. The van der Waals surface area contributed by atoms with Gasteiger partial charge in [-0.2, -0.15) is 17.5 Å². The number of alkyl halides is 3. The minimum atomic E-state index is -4.72. The lowest BCUT2D eigenvalue weighted by atomic mass is 9.79. The van der Waals surface area contributed by atoms with Gasteiger partial charge in [-0.15, -0.1) is 10.2 Å². The monoisotopic (exact) mass is 615 g/mol. The van der Waals surface area contributed by atoms with Gasteiger partial charge >= 0.3 is 12.1 Å². The quantitative estimate of drug-likeness (QED) is 0.330. The molecule has 2 unspecified atom stereocenters. The van der Waals surface area contributed by atoms with Crippen LogP contribution in [0.2, 0.25) is 0 Å². The number of carboxylic acids is 1. The Morgan fingerprint density at radius 3 is 2.58 bits per heavy atom. The van der Waals surface area contributed by atoms with E-state index in [1.807, 2.05) is 6.92 Å². The van der Waals surface area contributed by atoms with Crippen molar-refractivity contribution in [2.75, 3.05) is 6.54 Å². The van der Waals surface area contributed by atoms with Gasteiger partial charge in [-0.3, -0.25) is 9.20 Å². The van der Waals surface area contributed by atoms with Crippen molar-refractivity contribution in [3.63, 3.8) is 0 Å². The summed E-state index contributed by atoms with van der Waals surface area (Å²) >= 11 is 0. The number of carboxylic acid groups (broad SMARTS) is 1. The van der Waals surface area contributed by atoms with Crippen molar-refractivity contribution in [2.45, 2.75) is 62.7 Å². The normalized spacial score (nSPS) is 18.9. The lowest BCUT2D eigenvalue weighted by Gasteiger charge is -2.27. The van der Waals surface area contributed by atoms with Gasteiger partial charge in [-0.25, -0.2) is 13.4 Å². The molecule has 14 heteroatoms. The van der Waals surface area contributed by atoms with E-state index in [-0.39, 0.29) is 29.5 Å². The second kappa shape index (κ2) is 10.0. The van der Waals surface area contributed by atoms with Crippen molar-refractivity contribution >= 4 is 21.6 Å². The van der Waals surface area contributed by atoms with Crippen LogP contribution >= 0.6 is 0 Å². The summed E-state index contributed by atoms with van der Waals surface area (Å²) in [4.78, 5) is 16.4. The maximum absolute atomic E-state index is 13.8. The second-order valence-corrected chi connectivity index (χ2v) is 13.2. The number of aromatic nitrogens is 4. The highest BCUT2D eigenvalue weighted by Gasteiger charge is 2.52. The Morgan fingerprint density at radius 1 is 1.16 bits per heavy atom. The zero-order chi connectivity index (χ0) is 30.9. The van der Waals surface area contributed by atoms with E-state index in [0.717, 1.165) is 9.96 Å². The predicted molar refractivity (Wildman–Crippen MR) is 147 cm³/mol. The summed E-state index contributed by atoms with van der Waals surface area (Å²) in [6.07, 6.45) is -0.664. The summed E-state index contributed by atoms with van der Waals surface area (Å²) in [6, 6.07) is 9.80. The Hall–Kier alpha value is -4.04. The highest BCUT2D eigenvalue weighted by Crippen LogP contribution is 2.46. The summed E-state index contributed by atoms with van der Waals surface area (Å²) in [5.74, 6) is -3.96. The average Bonchev–Trinajstić information content (AvgIpc) is 3.55. The highest BCUT2D eigenvalue weighted by molar-refractivity contribution is 7.89. The third-order valence-corrected chi connectivity index (χ3v) is 10.2. The van der Waals surface area contributed by atoms with E-state index in [0.29, 0.717) is 35.1 Å². The minimum absolute atomic E-state index is 0.00671. The van der Waals surface area contributed by atoms with E-state index in [2.05, 4.69) is 15.2 Å². The number of halogens is 3. The molecule has 1 fully saturated rings. The molecule has 0 saturated heterocycles. The fourth-order valence-electron chi connectivity index (χ4n) is 5.73. The Morgan fingerprint density at radius 2 is 1.91 bits per heavy atom. The number of rotatable bonds is 6. The van der Waals surface area contributed by atoms with Crippen LogP contribution in [0.3, 0.4) is 0 Å². The van der Waals surface area contributed by atoms with Crippen LogP contribution in [0.1, 0.15) is 59.3 Å². The number of hydrogen-bond acceptors (Lipinski definition) is 7. The zero-order valence-electron chi connectivity index (χ0n) is 23.5. The van der Waals surface area contributed by atoms with Gasteiger partial charge in [0.05, 0.1) is 12.5 Å². The molecule has 1 aromatic carbocycles. The third kappa shape index (κ3) is 5.01. The molecule has 1 spiro atoms. The molecular formula is C29H28F3N5O5S. The molecule has 0 radical (unpaired) electrons. The Kier molecular flexibility index (Phi) is 6.77. The second-order valence-electron chi connectivity index (χ2n) is 11.3. The van der Waals surface area contributed by atoms with E-state index in [1.54, 1.807) is 31.2 Å². The summed E-state index contributed by atoms with van der Waals surface area (Å²) in [5.41, 5.74) is 2.18. The molecule has 10 nitrogen and oxygen atoms in total. The number of ether oxygens (including phenoxy) is 1.